The second-order valence-electron chi connectivity index (χ2n) is 17.6. The van der Waals surface area contributed by atoms with E-state index in [0.29, 0.717) is 12.8 Å². The largest absolute Gasteiger partial charge is 0.481 e. The fourth-order valence-corrected chi connectivity index (χ4v) is 11.9. The maximum absolute atomic E-state index is 14.6. The first-order chi connectivity index (χ1) is 19.8. The SMILES string of the molecule is C[C@@H]1O[C@H](O[C@@H]2CC[C@@]3(C)[C@H](CC[C@]4(C)[C@@H]3C(=O)C=C3[C@@H]5C[C@@](C)(C(=O)O)CC[C@]5(C)CC[C@]34C)C2(C)C)C[C@@H](O)[C@@H]1O. The van der Waals surface area contributed by atoms with Crippen molar-refractivity contribution in [2.45, 2.75) is 150 Å². The van der Waals surface area contributed by atoms with Gasteiger partial charge in [0.1, 0.15) is 6.10 Å². The minimum absolute atomic E-state index is 0.0462. The highest BCUT2D eigenvalue weighted by Gasteiger charge is 2.70. The number of fused-ring (bicyclic) bond motifs is 7. The number of carbonyl (C=O) groups is 2. The van der Waals surface area contributed by atoms with Crippen LogP contribution in [0.1, 0.15) is 120 Å². The number of hydrogen-bond acceptors (Lipinski definition) is 6. The number of ether oxygens (including phenoxy) is 2. The number of carboxylic acid groups (broad SMARTS) is 1. The number of ketones is 1. The summed E-state index contributed by atoms with van der Waals surface area (Å²) < 4.78 is 12.6. The number of carboxylic acids is 1. The maximum atomic E-state index is 14.6. The molecule has 1 saturated heterocycles. The van der Waals surface area contributed by atoms with Gasteiger partial charge in [-0.15, -0.1) is 0 Å². The van der Waals surface area contributed by atoms with E-state index in [4.69, 9.17) is 9.47 Å². The van der Waals surface area contributed by atoms with E-state index in [1.807, 2.05) is 13.0 Å². The molecular weight excluding hydrogens is 544 g/mol. The normalized spacial score (nSPS) is 54.4. The Kier molecular flexibility index (Phi) is 7.27. The van der Waals surface area contributed by atoms with E-state index < -0.39 is 36.0 Å². The molecule has 3 N–H and O–H groups in total. The fraction of sp³-hybridized carbons (Fsp3) is 0.889. The first kappa shape index (κ1) is 31.7. The summed E-state index contributed by atoms with van der Waals surface area (Å²) in [4.78, 5) is 27.0. The van der Waals surface area contributed by atoms with Crippen LogP contribution in [0, 0.1) is 50.2 Å². The van der Waals surface area contributed by atoms with Gasteiger partial charge >= 0.3 is 5.97 Å². The molecule has 0 unspecified atom stereocenters. The monoisotopic (exact) mass is 600 g/mol. The predicted octanol–water partition coefficient (Wildman–Crippen LogP) is 6.29. The highest BCUT2D eigenvalue weighted by atomic mass is 16.7. The van der Waals surface area contributed by atoms with Gasteiger partial charge in [0, 0.05) is 12.3 Å². The molecule has 0 aromatic heterocycles. The van der Waals surface area contributed by atoms with Crippen LogP contribution in [0.5, 0.6) is 0 Å². The van der Waals surface area contributed by atoms with Crippen molar-refractivity contribution >= 4 is 11.8 Å². The number of aliphatic hydroxyl groups is 2. The number of allylic oxidation sites excluding steroid dienone is 2. The van der Waals surface area contributed by atoms with Crippen molar-refractivity contribution in [3.8, 4) is 0 Å². The molecule has 1 aliphatic heterocycles. The van der Waals surface area contributed by atoms with Crippen molar-refractivity contribution in [1.29, 1.82) is 0 Å². The van der Waals surface area contributed by atoms with Crippen molar-refractivity contribution in [2.75, 3.05) is 0 Å². The molecule has 0 aromatic rings. The van der Waals surface area contributed by atoms with E-state index in [9.17, 15) is 24.9 Å². The molecular formula is C36H56O7. The topological polar surface area (TPSA) is 113 Å². The standard InChI is InChI=1S/C36H56O7/c1-20-28(39)23(37)18-27(42-20)43-26-10-11-34(6)25(31(26,2)3)9-12-36(8)29(34)24(38)17-21-22-19-33(5,30(40)41)14-13-32(22,4)15-16-35(21,36)7/h17,20,22-23,25-29,37,39H,9-16,18-19H2,1-8H3,(H,40,41)/t20-,22-,23+,25+,26+,27+,28+,29+,32+,33-,34-,35+,36+/m0/s1. The van der Waals surface area contributed by atoms with Crippen molar-refractivity contribution in [2.24, 2.45) is 50.2 Å². The van der Waals surface area contributed by atoms with Crippen LogP contribution in [0.3, 0.4) is 0 Å². The molecule has 0 amide bonds. The Hall–Kier alpha value is -1.28. The van der Waals surface area contributed by atoms with Crippen molar-refractivity contribution < 1.29 is 34.4 Å². The summed E-state index contributed by atoms with van der Waals surface area (Å²) in [5, 5.41) is 30.7. The minimum atomic E-state index is -0.903. The van der Waals surface area contributed by atoms with Crippen LogP contribution in [0.15, 0.2) is 11.6 Å². The Labute approximate surface area is 258 Å². The van der Waals surface area contributed by atoms with Crippen LogP contribution in [-0.4, -0.2) is 57.8 Å². The highest BCUT2D eigenvalue weighted by Crippen LogP contribution is 2.75. The van der Waals surface area contributed by atoms with Crippen molar-refractivity contribution in [3.05, 3.63) is 11.6 Å². The summed E-state index contributed by atoms with van der Waals surface area (Å²) in [6, 6.07) is 0. The van der Waals surface area contributed by atoms with Crippen LogP contribution < -0.4 is 0 Å². The van der Waals surface area contributed by atoms with E-state index in [0.717, 1.165) is 44.9 Å². The summed E-state index contributed by atoms with van der Waals surface area (Å²) in [6.07, 6.45) is 7.45. The van der Waals surface area contributed by atoms with Crippen LogP contribution in [0.25, 0.3) is 0 Å². The molecule has 43 heavy (non-hydrogen) atoms. The Morgan fingerprint density at radius 1 is 0.953 bits per heavy atom. The summed E-state index contributed by atoms with van der Waals surface area (Å²) in [6.45, 7) is 17.8. The Morgan fingerprint density at radius 2 is 1.63 bits per heavy atom. The van der Waals surface area contributed by atoms with Gasteiger partial charge in [0.15, 0.2) is 12.1 Å². The average molecular weight is 601 g/mol. The predicted molar refractivity (Wildman–Crippen MR) is 163 cm³/mol. The third kappa shape index (κ3) is 4.33. The van der Waals surface area contributed by atoms with Crippen LogP contribution in [0.2, 0.25) is 0 Å². The minimum Gasteiger partial charge on any atom is -0.481 e. The lowest BCUT2D eigenvalue weighted by Gasteiger charge is -2.70. The summed E-state index contributed by atoms with van der Waals surface area (Å²) in [5.74, 6) is -0.128. The van der Waals surface area contributed by atoms with E-state index in [2.05, 4.69) is 41.5 Å². The van der Waals surface area contributed by atoms with Gasteiger partial charge in [-0.1, -0.05) is 47.1 Å². The number of aliphatic hydroxyl groups excluding tert-OH is 2. The molecule has 0 spiro atoms. The van der Waals surface area contributed by atoms with Gasteiger partial charge in [0.05, 0.1) is 23.7 Å². The summed E-state index contributed by atoms with van der Waals surface area (Å²) in [5.41, 5.74) is -0.165. The van der Waals surface area contributed by atoms with Gasteiger partial charge < -0.3 is 24.8 Å². The van der Waals surface area contributed by atoms with Crippen LogP contribution in [0.4, 0.5) is 0 Å². The van der Waals surface area contributed by atoms with E-state index in [1.165, 1.54) is 5.57 Å². The Balaban J connectivity index is 1.32. The number of rotatable bonds is 3. The zero-order chi connectivity index (χ0) is 31.5. The quantitative estimate of drug-likeness (QED) is 0.326. The van der Waals surface area contributed by atoms with Gasteiger partial charge in [0.2, 0.25) is 0 Å². The van der Waals surface area contributed by atoms with E-state index in [1.54, 1.807) is 6.92 Å². The third-order valence-electron chi connectivity index (χ3n) is 15.0. The summed E-state index contributed by atoms with van der Waals surface area (Å²) in [7, 11) is 0. The molecule has 0 radical (unpaired) electrons. The molecule has 5 fully saturated rings. The second kappa shape index (κ2) is 9.86. The molecule has 0 bridgehead atoms. The average Bonchev–Trinajstić information content (AvgIpc) is 2.91. The summed E-state index contributed by atoms with van der Waals surface area (Å²) >= 11 is 0. The lowest BCUT2D eigenvalue weighted by atomic mass is 9.33. The lowest BCUT2D eigenvalue weighted by Crippen LogP contribution is -2.67. The zero-order valence-electron chi connectivity index (χ0n) is 27.7. The van der Waals surface area contributed by atoms with E-state index >= 15 is 0 Å². The van der Waals surface area contributed by atoms with Gasteiger partial charge in [0.25, 0.3) is 0 Å². The lowest BCUT2D eigenvalue weighted by molar-refractivity contribution is -0.290. The van der Waals surface area contributed by atoms with E-state index in [-0.39, 0.29) is 63.1 Å². The molecule has 242 valence electrons. The molecule has 6 rings (SSSR count). The zero-order valence-corrected chi connectivity index (χ0v) is 27.7. The van der Waals surface area contributed by atoms with Gasteiger partial charge in [-0.2, -0.15) is 0 Å². The van der Waals surface area contributed by atoms with Crippen LogP contribution >= 0.6 is 0 Å². The highest BCUT2D eigenvalue weighted by molar-refractivity contribution is 5.95. The first-order valence-corrected chi connectivity index (χ1v) is 17.0. The molecule has 5 aliphatic carbocycles. The molecule has 13 atom stereocenters. The van der Waals surface area contributed by atoms with Gasteiger partial charge in [-0.05, 0) is 117 Å². The Bertz CT molecular complexity index is 1200. The molecule has 4 saturated carbocycles. The fourth-order valence-electron chi connectivity index (χ4n) is 11.9. The maximum Gasteiger partial charge on any atom is 0.309 e. The number of carbonyl (C=O) groups excluding carboxylic acids is 1. The van der Waals surface area contributed by atoms with Gasteiger partial charge in [-0.3, -0.25) is 9.59 Å². The number of aliphatic carboxylic acids is 1. The molecule has 6 aliphatic rings. The van der Waals surface area contributed by atoms with Crippen molar-refractivity contribution in [1.82, 2.24) is 0 Å². The molecule has 0 aromatic carbocycles. The molecule has 7 heteroatoms. The van der Waals surface area contributed by atoms with Gasteiger partial charge in [-0.25, -0.2) is 0 Å². The van der Waals surface area contributed by atoms with Crippen molar-refractivity contribution in [3.63, 3.8) is 0 Å². The second-order valence-corrected chi connectivity index (χ2v) is 17.6. The Morgan fingerprint density at radius 3 is 2.28 bits per heavy atom. The smallest absolute Gasteiger partial charge is 0.309 e. The third-order valence-corrected chi connectivity index (χ3v) is 15.0. The van der Waals surface area contributed by atoms with Crippen LogP contribution in [-0.2, 0) is 19.1 Å². The molecule has 7 nitrogen and oxygen atoms in total. The number of hydrogen-bond donors (Lipinski definition) is 3. The molecule has 1 heterocycles. The first-order valence-electron chi connectivity index (χ1n) is 17.0.